The van der Waals surface area contributed by atoms with Crippen LogP contribution in [-0.2, 0) is 20.4 Å². The minimum Gasteiger partial charge on any atom is -0.508 e. The zero-order valence-corrected chi connectivity index (χ0v) is 24.0. The number of carbonyl (C=O) groups excluding carboxylic acids is 1. The van der Waals surface area contributed by atoms with Gasteiger partial charge in [-0.3, -0.25) is 4.79 Å². The molecule has 3 aromatic carbocycles. The highest BCUT2D eigenvalue weighted by molar-refractivity contribution is 9.10. The Kier molecular flexibility index (Phi) is 6.78. The molecule has 0 aromatic heterocycles. The van der Waals surface area contributed by atoms with Gasteiger partial charge in [0.25, 0.3) is 5.91 Å². The van der Waals surface area contributed by atoms with Gasteiger partial charge in [0.15, 0.2) is 5.60 Å². The normalized spacial score (nSPS) is 18.9. The molecule has 4 rings (SSSR count). The fraction of sp³-hybridized carbons (Fsp3) is 0.355. The zero-order valence-electron chi connectivity index (χ0n) is 22.4. The van der Waals surface area contributed by atoms with E-state index in [1.807, 2.05) is 90.1 Å². The van der Waals surface area contributed by atoms with Gasteiger partial charge < -0.3 is 14.9 Å². The lowest BCUT2D eigenvalue weighted by molar-refractivity contribution is -0.130. The maximum Gasteiger partial charge on any atom is 0.293 e. The van der Waals surface area contributed by atoms with Crippen molar-refractivity contribution in [3.8, 4) is 11.5 Å². The second-order valence-electron chi connectivity index (χ2n) is 11.9. The molecule has 2 N–H and O–H groups in total. The van der Waals surface area contributed by atoms with Gasteiger partial charge in [-0.05, 0) is 64.8 Å². The third-order valence-corrected chi connectivity index (χ3v) is 7.38. The van der Waals surface area contributed by atoms with Gasteiger partial charge in [0.2, 0.25) is 5.90 Å². The standard InChI is InChI=1S/C31H34BrNO4/c1-29(2,3)22-15-19(16-23(26(22)35)30(4,5)6)25(21-17-20(32)13-14-24(21)34)31(7)28(36)33-27(37-31)18-11-9-8-10-12-18/h8-17,25,34-35H,1-7H3/t25-,31+/m0/s1. The summed E-state index contributed by atoms with van der Waals surface area (Å²) in [7, 11) is 0. The van der Waals surface area contributed by atoms with Gasteiger partial charge in [-0.15, -0.1) is 0 Å². The van der Waals surface area contributed by atoms with E-state index in [-0.39, 0.29) is 28.2 Å². The number of halogens is 1. The second kappa shape index (κ2) is 9.32. The molecule has 0 aliphatic carbocycles. The summed E-state index contributed by atoms with van der Waals surface area (Å²) >= 11 is 3.53. The van der Waals surface area contributed by atoms with Crippen LogP contribution in [0.1, 0.15) is 82.2 Å². The molecule has 0 saturated heterocycles. The van der Waals surface area contributed by atoms with Gasteiger partial charge in [0, 0.05) is 15.6 Å². The summed E-state index contributed by atoms with van der Waals surface area (Å²) in [6, 6.07) is 18.3. The monoisotopic (exact) mass is 563 g/mol. The molecule has 6 heteroatoms. The Labute approximate surface area is 227 Å². The maximum atomic E-state index is 13.6. The molecule has 1 aliphatic rings. The second-order valence-corrected chi connectivity index (χ2v) is 12.8. The first kappa shape index (κ1) is 26.9. The Bertz CT molecular complexity index is 1350. The molecule has 0 radical (unpaired) electrons. The molecule has 1 amide bonds. The van der Waals surface area contributed by atoms with E-state index in [0.29, 0.717) is 11.1 Å². The first-order valence-electron chi connectivity index (χ1n) is 12.4. The number of benzene rings is 3. The molecule has 0 spiro atoms. The molecule has 1 aliphatic heterocycles. The molecule has 0 unspecified atom stereocenters. The molecular formula is C31H34BrNO4. The number of hydrogen-bond donors (Lipinski definition) is 2. The van der Waals surface area contributed by atoms with Crippen LogP contribution in [0.3, 0.4) is 0 Å². The van der Waals surface area contributed by atoms with Crippen molar-refractivity contribution in [2.75, 3.05) is 0 Å². The van der Waals surface area contributed by atoms with Crippen molar-refractivity contribution in [2.45, 2.75) is 70.8 Å². The fourth-order valence-corrected chi connectivity index (χ4v) is 5.25. The molecule has 37 heavy (non-hydrogen) atoms. The van der Waals surface area contributed by atoms with Crippen molar-refractivity contribution in [3.63, 3.8) is 0 Å². The number of ether oxygens (including phenoxy) is 1. The van der Waals surface area contributed by atoms with Crippen molar-refractivity contribution in [2.24, 2.45) is 4.99 Å². The van der Waals surface area contributed by atoms with E-state index in [0.717, 1.165) is 21.2 Å². The highest BCUT2D eigenvalue weighted by Crippen LogP contribution is 2.49. The van der Waals surface area contributed by atoms with Crippen LogP contribution < -0.4 is 0 Å². The zero-order chi connectivity index (χ0) is 27.3. The van der Waals surface area contributed by atoms with E-state index in [1.54, 1.807) is 19.1 Å². The lowest BCUT2D eigenvalue weighted by Gasteiger charge is -2.35. The molecule has 194 valence electrons. The van der Waals surface area contributed by atoms with Crippen LogP contribution in [0.2, 0.25) is 0 Å². The number of aromatic hydroxyl groups is 2. The molecule has 1 heterocycles. The first-order chi connectivity index (χ1) is 17.1. The van der Waals surface area contributed by atoms with Gasteiger partial charge in [0.05, 0.1) is 5.92 Å². The average Bonchev–Trinajstić information content (AvgIpc) is 3.11. The number of amides is 1. The predicted molar refractivity (Wildman–Crippen MR) is 151 cm³/mol. The molecule has 0 fully saturated rings. The number of phenols is 2. The van der Waals surface area contributed by atoms with Gasteiger partial charge in [-0.1, -0.05) is 87.8 Å². The molecule has 0 saturated carbocycles. The molecule has 0 bridgehead atoms. The first-order valence-corrected chi connectivity index (χ1v) is 13.2. The van der Waals surface area contributed by atoms with Crippen molar-refractivity contribution in [1.82, 2.24) is 0 Å². The van der Waals surface area contributed by atoms with Crippen molar-refractivity contribution in [1.29, 1.82) is 0 Å². The van der Waals surface area contributed by atoms with Crippen molar-refractivity contribution < 1.29 is 19.7 Å². The fourth-order valence-electron chi connectivity index (χ4n) is 4.87. The largest absolute Gasteiger partial charge is 0.508 e. The summed E-state index contributed by atoms with van der Waals surface area (Å²) in [5.41, 5.74) is 1.30. The van der Waals surface area contributed by atoms with E-state index in [9.17, 15) is 15.0 Å². The third-order valence-electron chi connectivity index (χ3n) is 6.89. The molecular weight excluding hydrogens is 530 g/mol. The number of carbonyl (C=O) groups is 1. The highest BCUT2D eigenvalue weighted by Gasteiger charge is 2.51. The van der Waals surface area contributed by atoms with E-state index < -0.39 is 17.4 Å². The number of aliphatic imine (C=N–C) groups is 1. The Morgan fingerprint density at radius 2 is 1.46 bits per heavy atom. The molecule has 2 atom stereocenters. The van der Waals surface area contributed by atoms with Crippen LogP contribution in [0, 0.1) is 0 Å². The minimum atomic E-state index is -1.44. The quantitative estimate of drug-likeness (QED) is 0.347. The Morgan fingerprint density at radius 1 is 0.892 bits per heavy atom. The van der Waals surface area contributed by atoms with Gasteiger partial charge in [-0.2, -0.15) is 4.99 Å². The summed E-state index contributed by atoms with van der Waals surface area (Å²) < 4.78 is 7.16. The predicted octanol–water partition coefficient (Wildman–Crippen LogP) is 7.35. The molecule has 5 nitrogen and oxygen atoms in total. The van der Waals surface area contributed by atoms with E-state index in [1.165, 1.54) is 0 Å². The van der Waals surface area contributed by atoms with Crippen LogP contribution in [0.5, 0.6) is 11.5 Å². The minimum absolute atomic E-state index is 0.0432. The SMILES string of the molecule is CC(C)(C)c1cc([C@@H](c2cc(Br)ccc2O)[C@@]2(C)OC(c3ccccc3)=NC2=O)cc(C(C)(C)C)c1O. The van der Waals surface area contributed by atoms with Crippen LogP contribution in [-0.4, -0.2) is 27.6 Å². The van der Waals surface area contributed by atoms with Crippen molar-refractivity contribution in [3.05, 3.63) is 93.0 Å². The highest BCUT2D eigenvalue weighted by atomic mass is 79.9. The molecule has 3 aromatic rings. The number of rotatable bonds is 4. The van der Waals surface area contributed by atoms with E-state index in [2.05, 4.69) is 20.9 Å². The lowest BCUT2D eigenvalue weighted by atomic mass is 9.72. The van der Waals surface area contributed by atoms with Crippen molar-refractivity contribution >= 4 is 27.7 Å². The summed E-state index contributed by atoms with van der Waals surface area (Å²) in [5.74, 6) is -0.616. The van der Waals surface area contributed by atoms with E-state index in [4.69, 9.17) is 4.74 Å². The maximum absolute atomic E-state index is 13.6. The summed E-state index contributed by atoms with van der Waals surface area (Å²) in [6.45, 7) is 14.0. The van der Waals surface area contributed by atoms with Gasteiger partial charge in [-0.25, -0.2) is 0 Å². The van der Waals surface area contributed by atoms with Crippen LogP contribution in [0.15, 0.2) is 70.1 Å². The third kappa shape index (κ3) is 5.04. The number of phenolic OH excluding ortho intramolecular Hbond substituents is 2. The van der Waals surface area contributed by atoms with Crippen LogP contribution >= 0.6 is 15.9 Å². The Morgan fingerprint density at radius 3 is 2.00 bits per heavy atom. The van der Waals surface area contributed by atoms with Crippen LogP contribution in [0.4, 0.5) is 0 Å². The summed E-state index contributed by atoms with van der Waals surface area (Å²) in [4.78, 5) is 17.9. The van der Waals surface area contributed by atoms with Crippen LogP contribution in [0.25, 0.3) is 0 Å². The smallest absolute Gasteiger partial charge is 0.293 e. The Balaban J connectivity index is 2.00. The lowest BCUT2D eigenvalue weighted by Crippen LogP contribution is -2.41. The number of nitrogens with zero attached hydrogens (tertiary/aromatic N) is 1. The van der Waals surface area contributed by atoms with Gasteiger partial charge in [0.1, 0.15) is 11.5 Å². The van der Waals surface area contributed by atoms with Gasteiger partial charge >= 0.3 is 0 Å². The number of hydrogen-bond acceptors (Lipinski definition) is 4. The summed E-state index contributed by atoms with van der Waals surface area (Å²) in [5, 5.41) is 22.4. The average molecular weight is 565 g/mol. The summed E-state index contributed by atoms with van der Waals surface area (Å²) in [6.07, 6.45) is 0. The van der Waals surface area contributed by atoms with E-state index >= 15 is 0 Å². The topological polar surface area (TPSA) is 79.1 Å². The Hall–Kier alpha value is -3.12.